The predicted octanol–water partition coefficient (Wildman–Crippen LogP) is 1.46. The van der Waals surface area contributed by atoms with Gasteiger partial charge < -0.3 is 20.1 Å². The van der Waals surface area contributed by atoms with Crippen molar-refractivity contribution in [1.82, 2.24) is 10.6 Å². The zero-order valence-electron chi connectivity index (χ0n) is 12.1. The van der Waals surface area contributed by atoms with Crippen LogP contribution in [-0.2, 0) is 11.3 Å². The summed E-state index contributed by atoms with van der Waals surface area (Å²) >= 11 is 0. The monoisotopic (exact) mass is 278 g/mol. The second kappa shape index (κ2) is 7.14. The molecular weight excluding hydrogens is 256 g/mol. The topological polar surface area (TPSA) is 59.6 Å². The minimum atomic E-state index is 0.0715. The summed E-state index contributed by atoms with van der Waals surface area (Å²) in [6.45, 7) is 1.49. The van der Waals surface area contributed by atoms with E-state index in [9.17, 15) is 4.79 Å². The van der Waals surface area contributed by atoms with E-state index in [1.807, 2.05) is 18.2 Å². The number of amides is 1. The lowest BCUT2D eigenvalue weighted by atomic mass is 10.1. The average molecular weight is 278 g/mol. The molecule has 0 saturated carbocycles. The summed E-state index contributed by atoms with van der Waals surface area (Å²) < 4.78 is 10.5. The Morgan fingerprint density at radius 1 is 1.40 bits per heavy atom. The van der Waals surface area contributed by atoms with Crippen LogP contribution in [0.2, 0.25) is 0 Å². The first-order valence-electron chi connectivity index (χ1n) is 6.94. The number of hydrogen-bond donors (Lipinski definition) is 2. The Bertz CT molecular complexity index is 456. The highest BCUT2D eigenvalue weighted by Gasteiger charge is 2.17. The van der Waals surface area contributed by atoms with Gasteiger partial charge in [-0.15, -0.1) is 0 Å². The summed E-state index contributed by atoms with van der Waals surface area (Å²) in [5.74, 6) is 1.54. The molecule has 5 nitrogen and oxygen atoms in total. The molecule has 0 aromatic heterocycles. The number of rotatable bonds is 6. The molecule has 0 bridgehead atoms. The smallest absolute Gasteiger partial charge is 0.221 e. The van der Waals surface area contributed by atoms with Gasteiger partial charge in [-0.25, -0.2) is 0 Å². The standard InChI is InChI=1S/C15H22N2O3/c1-19-13-6-5-11(14(9-13)20-2)10-17-15(18)8-12-4-3-7-16-12/h5-6,9,12,16H,3-4,7-8,10H2,1-2H3,(H,17,18). The van der Waals surface area contributed by atoms with Crippen LogP contribution in [0.4, 0.5) is 0 Å². The third kappa shape index (κ3) is 3.87. The molecule has 20 heavy (non-hydrogen) atoms. The molecule has 1 aliphatic heterocycles. The fourth-order valence-electron chi connectivity index (χ4n) is 2.42. The van der Waals surface area contributed by atoms with Gasteiger partial charge in [-0.1, -0.05) is 0 Å². The van der Waals surface area contributed by atoms with Gasteiger partial charge in [0.2, 0.25) is 5.91 Å². The molecule has 1 fully saturated rings. The van der Waals surface area contributed by atoms with Crippen LogP contribution in [0.15, 0.2) is 18.2 Å². The molecule has 0 spiro atoms. The third-order valence-corrected chi connectivity index (χ3v) is 3.56. The average Bonchev–Trinajstić information content (AvgIpc) is 2.97. The second-order valence-electron chi connectivity index (χ2n) is 4.95. The van der Waals surface area contributed by atoms with E-state index in [2.05, 4.69) is 10.6 Å². The number of carbonyl (C=O) groups excluding carboxylic acids is 1. The molecule has 1 aromatic rings. The summed E-state index contributed by atoms with van der Waals surface area (Å²) in [6.07, 6.45) is 2.78. The van der Waals surface area contributed by atoms with E-state index in [1.165, 1.54) is 0 Å². The Hall–Kier alpha value is -1.75. The van der Waals surface area contributed by atoms with Gasteiger partial charge in [0.05, 0.1) is 14.2 Å². The van der Waals surface area contributed by atoms with Crippen molar-refractivity contribution in [2.24, 2.45) is 0 Å². The van der Waals surface area contributed by atoms with Crippen molar-refractivity contribution in [3.63, 3.8) is 0 Å². The zero-order valence-corrected chi connectivity index (χ0v) is 12.1. The SMILES string of the molecule is COc1ccc(CNC(=O)CC2CCCN2)c(OC)c1. The van der Waals surface area contributed by atoms with Crippen molar-refractivity contribution in [3.05, 3.63) is 23.8 Å². The number of nitrogens with one attached hydrogen (secondary N) is 2. The van der Waals surface area contributed by atoms with Crippen molar-refractivity contribution in [2.45, 2.75) is 31.8 Å². The van der Waals surface area contributed by atoms with Gasteiger partial charge in [-0.3, -0.25) is 4.79 Å². The van der Waals surface area contributed by atoms with Crippen LogP contribution in [0, 0.1) is 0 Å². The molecular formula is C15H22N2O3. The Balaban J connectivity index is 1.87. The van der Waals surface area contributed by atoms with Crippen LogP contribution < -0.4 is 20.1 Å². The highest BCUT2D eigenvalue weighted by molar-refractivity contribution is 5.76. The summed E-state index contributed by atoms with van der Waals surface area (Å²) in [5, 5.41) is 6.26. The van der Waals surface area contributed by atoms with Crippen LogP contribution in [-0.4, -0.2) is 32.7 Å². The predicted molar refractivity (Wildman–Crippen MR) is 77.0 cm³/mol. The number of methoxy groups -OCH3 is 2. The molecule has 2 N–H and O–H groups in total. The lowest BCUT2D eigenvalue weighted by molar-refractivity contribution is -0.121. The lowest BCUT2D eigenvalue weighted by Gasteiger charge is -2.13. The van der Waals surface area contributed by atoms with Crippen molar-refractivity contribution in [2.75, 3.05) is 20.8 Å². The van der Waals surface area contributed by atoms with Crippen LogP contribution in [0.3, 0.4) is 0 Å². The quantitative estimate of drug-likeness (QED) is 0.827. The highest BCUT2D eigenvalue weighted by atomic mass is 16.5. The molecule has 1 atom stereocenters. The van der Waals surface area contributed by atoms with Gasteiger partial charge in [0, 0.05) is 30.6 Å². The summed E-state index contributed by atoms with van der Waals surface area (Å²) in [4.78, 5) is 11.9. The Labute approximate surface area is 119 Å². The van der Waals surface area contributed by atoms with E-state index in [0.29, 0.717) is 19.0 Å². The van der Waals surface area contributed by atoms with Crippen molar-refractivity contribution >= 4 is 5.91 Å². The lowest BCUT2D eigenvalue weighted by Crippen LogP contribution is -2.31. The molecule has 110 valence electrons. The molecule has 2 rings (SSSR count). The number of ether oxygens (including phenoxy) is 2. The minimum Gasteiger partial charge on any atom is -0.497 e. The van der Waals surface area contributed by atoms with Gasteiger partial charge in [0.1, 0.15) is 11.5 Å². The third-order valence-electron chi connectivity index (χ3n) is 3.56. The van der Waals surface area contributed by atoms with Gasteiger partial charge >= 0.3 is 0 Å². The molecule has 0 radical (unpaired) electrons. The molecule has 1 amide bonds. The maximum absolute atomic E-state index is 11.9. The normalized spacial score (nSPS) is 17.8. The first-order valence-corrected chi connectivity index (χ1v) is 6.94. The molecule has 5 heteroatoms. The molecule has 1 heterocycles. The summed E-state index contributed by atoms with van der Waals surface area (Å²) in [5.41, 5.74) is 0.945. The van der Waals surface area contributed by atoms with E-state index in [-0.39, 0.29) is 5.91 Å². The molecule has 1 aliphatic rings. The maximum Gasteiger partial charge on any atom is 0.221 e. The van der Waals surface area contributed by atoms with E-state index < -0.39 is 0 Å². The number of carbonyl (C=O) groups is 1. The first-order chi connectivity index (χ1) is 9.72. The highest BCUT2D eigenvalue weighted by Crippen LogP contribution is 2.24. The Kier molecular flexibility index (Phi) is 5.24. The zero-order chi connectivity index (χ0) is 14.4. The molecule has 1 unspecified atom stereocenters. The van der Waals surface area contributed by atoms with E-state index in [0.717, 1.165) is 36.4 Å². The largest absolute Gasteiger partial charge is 0.497 e. The second-order valence-corrected chi connectivity index (χ2v) is 4.95. The summed E-state index contributed by atoms with van der Waals surface area (Å²) in [7, 11) is 3.23. The summed E-state index contributed by atoms with van der Waals surface area (Å²) in [6, 6.07) is 5.92. The van der Waals surface area contributed by atoms with Gasteiger partial charge in [0.25, 0.3) is 0 Å². The minimum absolute atomic E-state index is 0.0715. The van der Waals surface area contributed by atoms with E-state index >= 15 is 0 Å². The van der Waals surface area contributed by atoms with Crippen molar-refractivity contribution < 1.29 is 14.3 Å². The number of benzene rings is 1. The van der Waals surface area contributed by atoms with Crippen LogP contribution in [0.5, 0.6) is 11.5 Å². The van der Waals surface area contributed by atoms with Gasteiger partial charge in [-0.05, 0) is 31.5 Å². The van der Waals surface area contributed by atoms with E-state index in [1.54, 1.807) is 14.2 Å². The van der Waals surface area contributed by atoms with Gasteiger partial charge in [-0.2, -0.15) is 0 Å². The number of hydrogen-bond acceptors (Lipinski definition) is 4. The van der Waals surface area contributed by atoms with Crippen LogP contribution in [0.1, 0.15) is 24.8 Å². The van der Waals surface area contributed by atoms with Crippen molar-refractivity contribution in [1.29, 1.82) is 0 Å². The Morgan fingerprint density at radius 3 is 2.90 bits per heavy atom. The first kappa shape index (κ1) is 14.7. The molecule has 0 aliphatic carbocycles. The van der Waals surface area contributed by atoms with Crippen LogP contribution >= 0.6 is 0 Å². The fourth-order valence-corrected chi connectivity index (χ4v) is 2.42. The molecule has 1 aromatic carbocycles. The fraction of sp³-hybridized carbons (Fsp3) is 0.533. The van der Waals surface area contributed by atoms with Crippen molar-refractivity contribution in [3.8, 4) is 11.5 Å². The van der Waals surface area contributed by atoms with Crippen LogP contribution in [0.25, 0.3) is 0 Å². The Morgan fingerprint density at radius 2 is 2.25 bits per heavy atom. The molecule has 1 saturated heterocycles. The van der Waals surface area contributed by atoms with Gasteiger partial charge in [0.15, 0.2) is 0 Å². The maximum atomic E-state index is 11.9. The van der Waals surface area contributed by atoms with E-state index in [4.69, 9.17) is 9.47 Å².